The first-order valence-corrected chi connectivity index (χ1v) is 14.9. The standard InChI is InChI=1S/C31H36F3NO12/c1-12(2)7-18(37)47-21-22-29-11-44-30(22,26(42)43-6)24(40)23(39)28(29,5)27(4)10-15(36)20(46-19(38)9-16(35)31(32,33)34)13(3)14(27)8-17(29)45-25(21)41/h7,14,16-17,21-22,24,40H,8-11,35H2,1-6H3/t14-,16+,17+,21+,22+,24-,27-,28?,29-,30-/m0/s1. The minimum atomic E-state index is -4.89. The van der Waals surface area contributed by atoms with Crippen LogP contribution in [0, 0.1) is 28.1 Å². The van der Waals surface area contributed by atoms with E-state index in [1.807, 2.05) is 0 Å². The Morgan fingerprint density at radius 3 is 2.38 bits per heavy atom. The number of aliphatic hydroxyl groups is 1. The summed E-state index contributed by atoms with van der Waals surface area (Å²) in [5.74, 6) is -9.27. The Balaban J connectivity index is 1.66. The molecule has 2 saturated carbocycles. The first-order chi connectivity index (χ1) is 21.6. The number of fused-ring (bicyclic) bond motifs is 2. The Morgan fingerprint density at radius 2 is 1.81 bits per heavy atom. The van der Waals surface area contributed by atoms with Crippen LogP contribution in [0.4, 0.5) is 13.2 Å². The van der Waals surface area contributed by atoms with Crippen molar-refractivity contribution < 1.29 is 70.7 Å². The van der Waals surface area contributed by atoms with Crippen molar-refractivity contribution >= 4 is 35.4 Å². The Hall–Kier alpha value is -3.63. The average Bonchev–Trinajstić information content (AvgIpc) is 3.30. The molecule has 1 spiro atoms. The van der Waals surface area contributed by atoms with Crippen molar-refractivity contribution in [2.75, 3.05) is 13.7 Å². The molecule has 4 fully saturated rings. The van der Waals surface area contributed by atoms with Crippen molar-refractivity contribution in [2.45, 2.75) is 90.0 Å². The third-order valence-electron chi connectivity index (χ3n) is 11.2. The van der Waals surface area contributed by atoms with Gasteiger partial charge in [0.1, 0.15) is 12.1 Å². The number of hydrogen-bond donors (Lipinski definition) is 2. The molecule has 5 rings (SSSR count). The summed E-state index contributed by atoms with van der Waals surface area (Å²) in [4.78, 5) is 80.7. The first kappa shape index (κ1) is 34.7. The molecule has 3 N–H and O–H groups in total. The van der Waals surface area contributed by atoms with Gasteiger partial charge in [-0.25, -0.2) is 14.4 Å². The molecule has 0 radical (unpaired) electrons. The molecule has 0 aromatic rings. The van der Waals surface area contributed by atoms with E-state index in [1.54, 1.807) is 20.8 Å². The van der Waals surface area contributed by atoms with E-state index in [-0.39, 0.29) is 12.0 Å². The topological polar surface area (TPSA) is 195 Å². The molecule has 0 aromatic carbocycles. The first-order valence-electron chi connectivity index (χ1n) is 14.9. The Morgan fingerprint density at radius 1 is 1.17 bits per heavy atom. The van der Waals surface area contributed by atoms with E-state index in [2.05, 4.69) is 0 Å². The summed E-state index contributed by atoms with van der Waals surface area (Å²) < 4.78 is 66.6. The van der Waals surface area contributed by atoms with Gasteiger partial charge in [0.15, 0.2) is 23.4 Å². The van der Waals surface area contributed by atoms with Gasteiger partial charge in [-0.1, -0.05) is 19.4 Å². The predicted molar refractivity (Wildman–Crippen MR) is 148 cm³/mol. The zero-order valence-corrected chi connectivity index (χ0v) is 26.5. The molecule has 5 aliphatic rings. The van der Waals surface area contributed by atoms with E-state index in [4.69, 9.17) is 29.4 Å². The van der Waals surface area contributed by atoms with Gasteiger partial charge in [-0.2, -0.15) is 13.2 Å². The Labute approximate surface area is 266 Å². The number of ketones is 2. The summed E-state index contributed by atoms with van der Waals surface area (Å²) >= 11 is 0. The van der Waals surface area contributed by atoms with Gasteiger partial charge in [0.05, 0.1) is 31.5 Å². The SMILES string of the molecule is COC(=O)[C@@]12OC[C@@]34[C@@H](C[C@H]5C(C)=C(OC(=O)C[C@@H](N)C(F)(F)F)C(=O)C[C@]5(C)C3(C)C(=O)[C@@H]1O)OC(=O)[C@H](OC(=O)C=C(C)C)[C@@H]24. The zero-order valence-electron chi connectivity index (χ0n) is 26.5. The number of methoxy groups -OCH3 is 1. The van der Waals surface area contributed by atoms with E-state index in [0.29, 0.717) is 5.57 Å². The molecule has 3 aliphatic carbocycles. The highest BCUT2D eigenvalue weighted by molar-refractivity contribution is 6.04. The van der Waals surface area contributed by atoms with Crippen LogP contribution in [0.15, 0.2) is 23.0 Å². The summed E-state index contributed by atoms with van der Waals surface area (Å²) in [5, 5.41) is 11.7. The molecule has 47 heavy (non-hydrogen) atoms. The van der Waals surface area contributed by atoms with Crippen molar-refractivity contribution in [3.63, 3.8) is 0 Å². The van der Waals surface area contributed by atoms with E-state index in [9.17, 15) is 47.0 Å². The number of Topliss-reactive ketones (excluding diaryl/α,β-unsaturated/α-hetero) is 2. The smallest absolute Gasteiger partial charge is 0.404 e. The lowest BCUT2D eigenvalue weighted by atomic mass is 9.32. The molecule has 2 aliphatic heterocycles. The number of nitrogens with two attached hydrogens (primary N) is 1. The van der Waals surface area contributed by atoms with Crippen molar-refractivity contribution in [1.82, 2.24) is 0 Å². The van der Waals surface area contributed by atoms with Crippen LogP contribution in [0.25, 0.3) is 0 Å². The van der Waals surface area contributed by atoms with Crippen molar-refractivity contribution in [1.29, 1.82) is 0 Å². The second kappa shape index (κ2) is 11.0. The number of esters is 4. The molecule has 13 nitrogen and oxygen atoms in total. The van der Waals surface area contributed by atoms with Crippen LogP contribution in [0.3, 0.4) is 0 Å². The number of hydrogen-bond acceptors (Lipinski definition) is 13. The van der Waals surface area contributed by atoms with Gasteiger partial charge < -0.3 is 34.5 Å². The third-order valence-corrected chi connectivity index (χ3v) is 11.2. The minimum Gasteiger partial charge on any atom is -0.467 e. The van der Waals surface area contributed by atoms with E-state index >= 15 is 0 Å². The highest BCUT2D eigenvalue weighted by Crippen LogP contribution is 2.77. The van der Waals surface area contributed by atoms with E-state index in [0.717, 1.165) is 13.2 Å². The Kier molecular flexibility index (Phi) is 8.09. The van der Waals surface area contributed by atoms with Crippen LogP contribution in [-0.4, -0.2) is 90.4 Å². The predicted octanol–water partition coefficient (Wildman–Crippen LogP) is 1.38. The van der Waals surface area contributed by atoms with Crippen LogP contribution in [0.5, 0.6) is 0 Å². The quantitative estimate of drug-likeness (QED) is 0.234. The number of carbonyl (C=O) groups is 6. The van der Waals surface area contributed by atoms with Crippen LogP contribution in [0.2, 0.25) is 0 Å². The number of carbonyl (C=O) groups excluding carboxylic acids is 6. The minimum absolute atomic E-state index is 0.101. The molecule has 2 heterocycles. The fourth-order valence-corrected chi connectivity index (χ4v) is 8.96. The molecular formula is C31H36F3NO12. The third kappa shape index (κ3) is 4.46. The van der Waals surface area contributed by atoms with Gasteiger partial charge in [0.2, 0.25) is 11.7 Å². The van der Waals surface area contributed by atoms with Gasteiger partial charge >= 0.3 is 30.1 Å². The van der Waals surface area contributed by atoms with Crippen molar-refractivity contribution in [3.8, 4) is 0 Å². The Bertz CT molecular complexity index is 1530. The van der Waals surface area contributed by atoms with Crippen LogP contribution >= 0.6 is 0 Å². The molecule has 258 valence electrons. The van der Waals surface area contributed by atoms with E-state index < -0.39 is 125 Å². The summed E-state index contributed by atoms with van der Waals surface area (Å²) in [6.07, 6.45) is -11.0. The average molecular weight is 672 g/mol. The van der Waals surface area contributed by atoms with Crippen LogP contribution in [0.1, 0.15) is 53.9 Å². The van der Waals surface area contributed by atoms with Gasteiger partial charge in [0.25, 0.3) is 0 Å². The van der Waals surface area contributed by atoms with Gasteiger partial charge in [-0.05, 0) is 44.1 Å². The second-order valence-electron chi connectivity index (χ2n) is 13.6. The fourth-order valence-electron chi connectivity index (χ4n) is 8.96. The molecule has 2 bridgehead atoms. The number of rotatable bonds is 6. The number of allylic oxidation sites excluding steroid dienone is 3. The maximum Gasteiger partial charge on any atom is 0.404 e. The molecule has 10 atom stereocenters. The molecular weight excluding hydrogens is 635 g/mol. The molecule has 1 unspecified atom stereocenters. The summed E-state index contributed by atoms with van der Waals surface area (Å²) in [6, 6.07) is -2.54. The van der Waals surface area contributed by atoms with Crippen molar-refractivity contribution in [2.24, 2.45) is 33.8 Å². The largest absolute Gasteiger partial charge is 0.467 e. The normalized spacial score (nSPS) is 39.6. The number of halogens is 3. The molecule has 16 heteroatoms. The zero-order chi connectivity index (χ0) is 35.2. The maximum atomic E-state index is 14.6. The van der Waals surface area contributed by atoms with Gasteiger partial charge in [-0.15, -0.1) is 0 Å². The monoisotopic (exact) mass is 671 g/mol. The molecule has 2 saturated heterocycles. The highest BCUT2D eigenvalue weighted by Gasteiger charge is 2.89. The van der Waals surface area contributed by atoms with Crippen LogP contribution in [-0.2, 0) is 52.5 Å². The lowest BCUT2D eigenvalue weighted by Gasteiger charge is -2.70. The van der Waals surface area contributed by atoms with Gasteiger partial charge in [0, 0.05) is 17.9 Å². The van der Waals surface area contributed by atoms with Crippen LogP contribution < -0.4 is 5.73 Å². The fraction of sp³-hybridized carbons (Fsp3) is 0.677. The second-order valence-corrected chi connectivity index (χ2v) is 13.6. The maximum absolute atomic E-state index is 14.6. The number of ether oxygens (including phenoxy) is 5. The number of alkyl halides is 3. The summed E-state index contributed by atoms with van der Waals surface area (Å²) in [5.41, 5.74) is -1.72. The summed E-state index contributed by atoms with van der Waals surface area (Å²) in [6.45, 7) is 7.23. The molecule has 0 amide bonds. The lowest BCUT2D eigenvalue weighted by Crippen LogP contribution is -2.82. The van der Waals surface area contributed by atoms with Gasteiger partial charge in [-0.3, -0.25) is 14.4 Å². The molecule has 0 aromatic heterocycles. The highest BCUT2D eigenvalue weighted by atomic mass is 19.4. The van der Waals surface area contributed by atoms with E-state index in [1.165, 1.54) is 13.8 Å². The van der Waals surface area contributed by atoms with Crippen molar-refractivity contribution in [3.05, 3.63) is 23.0 Å². The number of aliphatic hydroxyl groups excluding tert-OH is 1. The lowest BCUT2D eigenvalue weighted by molar-refractivity contribution is -0.278. The summed E-state index contributed by atoms with van der Waals surface area (Å²) in [7, 11) is 0.996.